The number of nitrogens with one attached hydrogen (secondary N) is 1. The number of nitrogens with zero attached hydrogens (tertiary/aromatic N) is 1. The zero-order chi connectivity index (χ0) is 20.7. The Labute approximate surface area is 162 Å². The zero-order valence-corrected chi connectivity index (χ0v) is 15.6. The quantitative estimate of drug-likeness (QED) is 0.266. The molecule has 1 aliphatic rings. The predicted molar refractivity (Wildman–Crippen MR) is 97.6 cm³/mol. The Morgan fingerprint density at radius 3 is 2.50 bits per heavy atom. The van der Waals surface area contributed by atoms with Crippen molar-refractivity contribution in [3.63, 3.8) is 0 Å². The van der Waals surface area contributed by atoms with Crippen molar-refractivity contribution >= 4 is 11.6 Å². The molecule has 0 spiro atoms. The normalized spacial score (nSPS) is 27.2. The third-order valence-electron chi connectivity index (χ3n) is 4.52. The SMILES string of the molecule is CCCCCC(=O)N[C@H]1[C@@H](Oc2ccc([N+](=O)[O-])cc2)O[C@@H](CO)[C@@H](O)[C@H]1O. The summed E-state index contributed by atoms with van der Waals surface area (Å²) in [6.45, 7) is 1.45. The number of unbranched alkanes of at least 4 members (excludes halogenated alkanes) is 2. The number of amides is 1. The number of aliphatic hydroxyl groups is 3. The van der Waals surface area contributed by atoms with E-state index in [4.69, 9.17) is 9.47 Å². The highest BCUT2D eigenvalue weighted by Gasteiger charge is 2.46. The second kappa shape index (κ2) is 10.3. The topological polar surface area (TPSA) is 151 Å². The molecular formula is C18H26N2O8. The first kappa shape index (κ1) is 22.0. The van der Waals surface area contributed by atoms with Crippen molar-refractivity contribution < 1.29 is 34.5 Å². The van der Waals surface area contributed by atoms with E-state index in [1.165, 1.54) is 24.3 Å². The molecule has 1 fully saturated rings. The number of nitro benzene ring substituents is 1. The minimum atomic E-state index is -1.43. The Hall–Kier alpha value is -2.27. The number of hydrogen-bond donors (Lipinski definition) is 4. The van der Waals surface area contributed by atoms with E-state index in [0.29, 0.717) is 6.42 Å². The van der Waals surface area contributed by atoms with Crippen molar-refractivity contribution in [1.82, 2.24) is 5.32 Å². The van der Waals surface area contributed by atoms with Crippen LogP contribution < -0.4 is 10.1 Å². The van der Waals surface area contributed by atoms with E-state index >= 15 is 0 Å². The summed E-state index contributed by atoms with van der Waals surface area (Å²) in [6, 6.07) is 4.11. The molecule has 1 saturated heterocycles. The molecule has 1 aromatic carbocycles. The van der Waals surface area contributed by atoms with Crippen LogP contribution in [-0.2, 0) is 9.53 Å². The van der Waals surface area contributed by atoms with Crippen LogP contribution in [0.1, 0.15) is 32.6 Å². The summed E-state index contributed by atoms with van der Waals surface area (Å²) in [7, 11) is 0. The number of carbonyl (C=O) groups is 1. The van der Waals surface area contributed by atoms with Gasteiger partial charge in [-0.2, -0.15) is 0 Å². The van der Waals surface area contributed by atoms with E-state index in [0.717, 1.165) is 12.8 Å². The first-order valence-corrected chi connectivity index (χ1v) is 9.20. The molecule has 1 aliphatic heterocycles. The van der Waals surface area contributed by atoms with Crippen molar-refractivity contribution in [3.8, 4) is 5.75 Å². The lowest BCUT2D eigenvalue weighted by Gasteiger charge is -2.42. The molecule has 1 heterocycles. The Bertz CT molecular complexity index is 653. The third-order valence-corrected chi connectivity index (χ3v) is 4.52. The summed E-state index contributed by atoms with van der Waals surface area (Å²) in [6.07, 6.45) is -2.38. The summed E-state index contributed by atoms with van der Waals surface area (Å²) >= 11 is 0. The van der Waals surface area contributed by atoms with E-state index in [2.05, 4.69) is 5.32 Å². The summed E-state index contributed by atoms with van der Waals surface area (Å²) in [5.41, 5.74) is -0.124. The third kappa shape index (κ3) is 5.61. The molecule has 0 radical (unpaired) electrons. The van der Waals surface area contributed by atoms with Gasteiger partial charge in [-0.05, 0) is 18.6 Å². The lowest BCUT2D eigenvalue weighted by molar-refractivity contribution is -0.384. The highest BCUT2D eigenvalue weighted by molar-refractivity contribution is 5.76. The van der Waals surface area contributed by atoms with Crippen LogP contribution in [0.15, 0.2) is 24.3 Å². The van der Waals surface area contributed by atoms with E-state index in [1.807, 2.05) is 6.92 Å². The largest absolute Gasteiger partial charge is 0.463 e. The van der Waals surface area contributed by atoms with Crippen molar-refractivity contribution in [2.45, 2.75) is 63.3 Å². The summed E-state index contributed by atoms with van der Waals surface area (Å²) in [5.74, 6) is -0.117. The number of non-ortho nitro benzene ring substituents is 1. The molecule has 1 aromatic rings. The van der Waals surface area contributed by atoms with Gasteiger partial charge in [0.25, 0.3) is 5.69 Å². The number of aliphatic hydroxyl groups excluding tert-OH is 3. The summed E-state index contributed by atoms with van der Waals surface area (Å²) in [5, 5.41) is 43.2. The van der Waals surface area contributed by atoms with Gasteiger partial charge in [0.15, 0.2) is 0 Å². The van der Waals surface area contributed by atoms with Gasteiger partial charge >= 0.3 is 0 Å². The molecule has 0 bridgehead atoms. The number of ether oxygens (including phenoxy) is 2. The van der Waals surface area contributed by atoms with Crippen LogP contribution in [-0.4, -0.2) is 63.4 Å². The smallest absolute Gasteiger partial charge is 0.269 e. The fourth-order valence-electron chi connectivity index (χ4n) is 2.91. The molecule has 0 unspecified atom stereocenters. The van der Waals surface area contributed by atoms with Crippen LogP contribution in [0, 0.1) is 10.1 Å². The monoisotopic (exact) mass is 398 g/mol. The molecule has 28 heavy (non-hydrogen) atoms. The Balaban J connectivity index is 2.12. The Kier molecular flexibility index (Phi) is 8.12. The van der Waals surface area contributed by atoms with Crippen LogP contribution in [0.3, 0.4) is 0 Å². The molecule has 4 N–H and O–H groups in total. The maximum Gasteiger partial charge on any atom is 0.269 e. The molecular weight excluding hydrogens is 372 g/mol. The van der Waals surface area contributed by atoms with Gasteiger partial charge in [0.05, 0.1) is 11.5 Å². The average Bonchev–Trinajstić information content (AvgIpc) is 2.68. The molecule has 0 aromatic heterocycles. The van der Waals surface area contributed by atoms with Crippen LogP contribution in [0.2, 0.25) is 0 Å². The summed E-state index contributed by atoms with van der Waals surface area (Å²) in [4.78, 5) is 22.4. The molecule has 156 valence electrons. The van der Waals surface area contributed by atoms with Gasteiger partial charge in [0.2, 0.25) is 12.2 Å². The summed E-state index contributed by atoms with van der Waals surface area (Å²) < 4.78 is 11.1. The first-order valence-electron chi connectivity index (χ1n) is 9.20. The molecule has 10 heteroatoms. The highest BCUT2D eigenvalue weighted by atomic mass is 16.7. The minimum Gasteiger partial charge on any atom is -0.463 e. The van der Waals surface area contributed by atoms with Gasteiger partial charge in [-0.25, -0.2) is 0 Å². The van der Waals surface area contributed by atoms with Crippen LogP contribution >= 0.6 is 0 Å². The van der Waals surface area contributed by atoms with Gasteiger partial charge in [0.1, 0.15) is 30.1 Å². The second-order valence-electron chi connectivity index (χ2n) is 6.63. The van der Waals surface area contributed by atoms with Gasteiger partial charge in [-0.15, -0.1) is 0 Å². The zero-order valence-electron chi connectivity index (χ0n) is 15.6. The Morgan fingerprint density at radius 2 is 1.93 bits per heavy atom. The van der Waals surface area contributed by atoms with Crippen molar-refractivity contribution in [1.29, 1.82) is 0 Å². The highest BCUT2D eigenvalue weighted by Crippen LogP contribution is 2.26. The standard InChI is InChI=1S/C18H26N2O8/c1-2-3-4-5-14(22)19-15-17(24)16(23)13(10-21)28-18(15)27-12-8-6-11(7-9-12)20(25)26/h6-9,13,15-18,21,23-24H,2-5,10H2,1H3,(H,19,22)/t13-,15+,16+,17-,18-/m0/s1. The van der Waals surface area contributed by atoms with Gasteiger partial charge in [0, 0.05) is 18.6 Å². The minimum absolute atomic E-state index is 0.124. The number of benzene rings is 1. The molecule has 0 aliphatic carbocycles. The molecule has 5 atom stereocenters. The molecule has 1 amide bonds. The number of hydrogen-bond acceptors (Lipinski definition) is 8. The lowest BCUT2D eigenvalue weighted by atomic mass is 9.96. The average molecular weight is 398 g/mol. The van der Waals surface area contributed by atoms with Crippen LogP contribution in [0.5, 0.6) is 5.75 Å². The van der Waals surface area contributed by atoms with E-state index < -0.39 is 42.2 Å². The van der Waals surface area contributed by atoms with Crippen LogP contribution in [0.25, 0.3) is 0 Å². The fourth-order valence-corrected chi connectivity index (χ4v) is 2.91. The van der Waals surface area contributed by atoms with E-state index in [9.17, 15) is 30.2 Å². The molecule has 0 saturated carbocycles. The number of nitro groups is 1. The first-order chi connectivity index (χ1) is 13.4. The fraction of sp³-hybridized carbons (Fsp3) is 0.611. The van der Waals surface area contributed by atoms with Crippen LogP contribution in [0.4, 0.5) is 5.69 Å². The Morgan fingerprint density at radius 1 is 1.25 bits per heavy atom. The van der Waals surface area contributed by atoms with Crippen molar-refractivity contribution in [2.75, 3.05) is 6.61 Å². The van der Waals surface area contributed by atoms with Gasteiger partial charge in [-0.3, -0.25) is 14.9 Å². The van der Waals surface area contributed by atoms with E-state index in [-0.39, 0.29) is 23.8 Å². The molecule has 10 nitrogen and oxygen atoms in total. The molecule has 2 rings (SSSR count). The van der Waals surface area contributed by atoms with E-state index in [1.54, 1.807) is 0 Å². The lowest BCUT2D eigenvalue weighted by Crippen LogP contribution is -2.65. The number of carbonyl (C=O) groups excluding carboxylic acids is 1. The predicted octanol–water partition coefficient (Wildman–Crippen LogP) is 0.478. The van der Waals surface area contributed by atoms with Crippen molar-refractivity contribution in [2.24, 2.45) is 0 Å². The second-order valence-corrected chi connectivity index (χ2v) is 6.63. The van der Waals surface area contributed by atoms with Gasteiger partial charge < -0.3 is 30.1 Å². The maximum absolute atomic E-state index is 12.2. The maximum atomic E-state index is 12.2. The number of rotatable bonds is 9. The van der Waals surface area contributed by atoms with Gasteiger partial charge in [-0.1, -0.05) is 19.8 Å². The van der Waals surface area contributed by atoms with Crippen molar-refractivity contribution in [3.05, 3.63) is 34.4 Å².